The largest absolute Gasteiger partial charge is 0.462 e. The van der Waals surface area contributed by atoms with Gasteiger partial charge in [0.05, 0.1) is 24.5 Å². The second-order valence-electron chi connectivity index (χ2n) is 5.08. The summed E-state index contributed by atoms with van der Waals surface area (Å²) in [6, 6.07) is 5.78. The van der Waals surface area contributed by atoms with Gasteiger partial charge in [0.1, 0.15) is 0 Å². The van der Waals surface area contributed by atoms with Crippen LogP contribution < -0.4 is 0 Å². The maximum atomic E-state index is 12.0. The van der Waals surface area contributed by atoms with Crippen molar-refractivity contribution < 1.29 is 9.53 Å². The van der Waals surface area contributed by atoms with Crippen LogP contribution >= 0.6 is 0 Å². The lowest BCUT2D eigenvalue weighted by molar-refractivity contribution is 0.0526. The van der Waals surface area contributed by atoms with E-state index >= 15 is 0 Å². The molecule has 3 rings (SSSR count). The number of hydrogen-bond acceptors (Lipinski definition) is 3. The van der Waals surface area contributed by atoms with E-state index in [1.165, 1.54) is 0 Å². The van der Waals surface area contributed by atoms with E-state index in [0.29, 0.717) is 12.2 Å². The SMILES string of the molecule is CC=C1c2cc(C(=O)OCC)ccc2C=CC1n1ccnc1. The van der Waals surface area contributed by atoms with E-state index in [0.717, 1.165) is 16.7 Å². The van der Waals surface area contributed by atoms with Crippen LogP contribution in [-0.4, -0.2) is 22.1 Å². The molecule has 0 saturated heterocycles. The Morgan fingerprint density at radius 3 is 3.00 bits per heavy atom. The van der Waals surface area contributed by atoms with Crippen molar-refractivity contribution in [3.05, 3.63) is 65.8 Å². The molecule has 1 aromatic heterocycles. The molecule has 2 aromatic rings. The summed E-state index contributed by atoms with van der Waals surface area (Å²) >= 11 is 0. The van der Waals surface area contributed by atoms with Crippen molar-refractivity contribution in [2.24, 2.45) is 0 Å². The molecule has 4 heteroatoms. The fourth-order valence-corrected chi connectivity index (χ4v) is 2.77. The highest BCUT2D eigenvalue weighted by molar-refractivity contribution is 5.93. The van der Waals surface area contributed by atoms with Crippen molar-refractivity contribution in [1.82, 2.24) is 9.55 Å². The fraction of sp³-hybridized carbons (Fsp3) is 0.222. The molecule has 0 aliphatic heterocycles. The van der Waals surface area contributed by atoms with Gasteiger partial charge in [-0.15, -0.1) is 0 Å². The third-order valence-electron chi connectivity index (χ3n) is 3.81. The molecule has 4 nitrogen and oxygen atoms in total. The Morgan fingerprint density at radius 2 is 2.32 bits per heavy atom. The summed E-state index contributed by atoms with van der Waals surface area (Å²) in [4.78, 5) is 16.1. The van der Waals surface area contributed by atoms with Crippen LogP contribution in [0.4, 0.5) is 0 Å². The van der Waals surface area contributed by atoms with Gasteiger partial charge in [0.2, 0.25) is 0 Å². The van der Waals surface area contributed by atoms with Crippen LogP contribution in [0.2, 0.25) is 0 Å². The highest BCUT2D eigenvalue weighted by Gasteiger charge is 2.21. The summed E-state index contributed by atoms with van der Waals surface area (Å²) in [6.45, 7) is 4.20. The zero-order valence-corrected chi connectivity index (χ0v) is 12.7. The zero-order chi connectivity index (χ0) is 15.5. The van der Waals surface area contributed by atoms with Crippen molar-refractivity contribution in [3.8, 4) is 0 Å². The Kier molecular flexibility index (Phi) is 3.92. The Labute approximate surface area is 129 Å². The van der Waals surface area contributed by atoms with Crippen LogP contribution in [0.15, 0.2) is 49.1 Å². The first kappa shape index (κ1) is 14.3. The molecule has 0 fully saturated rings. The molecule has 1 heterocycles. The van der Waals surface area contributed by atoms with Gasteiger partial charge in [-0.3, -0.25) is 0 Å². The van der Waals surface area contributed by atoms with E-state index in [9.17, 15) is 4.79 Å². The minimum Gasteiger partial charge on any atom is -0.462 e. The lowest BCUT2D eigenvalue weighted by atomic mass is 9.87. The minimum absolute atomic E-state index is 0.0949. The third kappa shape index (κ3) is 2.48. The van der Waals surface area contributed by atoms with E-state index in [-0.39, 0.29) is 12.0 Å². The Hall–Kier alpha value is -2.62. The van der Waals surface area contributed by atoms with Gasteiger partial charge in [-0.1, -0.05) is 24.3 Å². The Balaban J connectivity index is 2.04. The van der Waals surface area contributed by atoms with Gasteiger partial charge in [0, 0.05) is 12.4 Å². The van der Waals surface area contributed by atoms with E-state index in [4.69, 9.17) is 4.74 Å². The fourth-order valence-electron chi connectivity index (χ4n) is 2.77. The van der Waals surface area contributed by atoms with Gasteiger partial charge in [0.15, 0.2) is 0 Å². The summed E-state index contributed by atoms with van der Waals surface area (Å²) in [5.74, 6) is -0.283. The first-order chi connectivity index (χ1) is 10.7. The summed E-state index contributed by atoms with van der Waals surface area (Å²) < 4.78 is 7.14. The number of carbonyl (C=O) groups excluding carboxylic acids is 1. The van der Waals surface area contributed by atoms with E-state index in [1.54, 1.807) is 12.5 Å². The van der Waals surface area contributed by atoms with Crippen molar-refractivity contribution in [1.29, 1.82) is 0 Å². The zero-order valence-electron chi connectivity index (χ0n) is 12.7. The van der Waals surface area contributed by atoms with Crippen LogP contribution in [0.3, 0.4) is 0 Å². The smallest absolute Gasteiger partial charge is 0.338 e. The van der Waals surface area contributed by atoms with Gasteiger partial charge in [0.25, 0.3) is 0 Å². The summed E-state index contributed by atoms with van der Waals surface area (Å²) in [6.07, 6.45) is 11.8. The number of allylic oxidation sites excluding steroid dienone is 3. The van der Waals surface area contributed by atoms with Gasteiger partial charge in [-0.2, -0.15) is 0 Å². The molecular formula is C18H18N2O2. The third-order valence-corrected chi connectivity index (χ3v) is 3.81. The summed E-state index contributed by atoms with van der Waals surface area (Å²) in [5.41, 5.74) is 3.91. The number of esters is 1. The van der Waals surface area contributed by atoms with E-state index in [1.807, 2.05) is 42.8 Å². The first-order valence-electron chi connectivity index (χ1n) is 7.38. The number of carbonyl (C=O) groups is 1. The van der Waals surface area contributed by atoms with Crippen LogP contribution in [0.1, 0.15) is 41.4 Å². The van der Waals surface area contributed by atoms with Crippen molar-refractivity contribution in [2.75, 3.05) is 6.61 Å². The lowest BCUT2D eigenvalue weighted by Gasteiger charge is -2.24. The molecule has 1 unspecified atom stereocenters. The maximum absolute atomic E-state index is 12.0. The summed E-state index contributed by atoms with van der Waals surface area (Å²) in [5, 5.41) is 0. The molecule has 0 N–H and O–H groups in total. The van der Waals surface area contributed by atoms with Crippen LogP contribution in [0.25, 0.3) is 11.6 Å². The molecule has 0 spiro atoms. The quantitative estimate of drug-likeness (QED) is 0.810. The number of rotatable bonds is 3. The van der Waals surface area contributed by atoms with Crippen molar-refractivity contribution in [3.63, 3.8) is 0 Å². The normalized spacial score (nSPS) is 18.3. The summed E-state index contributed by atoms with van der Waals surface area (Å²) in [7, 11) is 0. The Bertz CT molecular complexity index is 742. The molecule has 112 valence electrons. The predicted octanol–water partition coefficient (Wildman–Crippen LogP) is 3.73. The van der Waals surface area contributed by atoms with E-state index in [2.05, 4.69) is 23.2 Å². The maximum Gasteiger partial charge on any atom is 0.338 e. The molecular weight excluding hydrogens is 276 g/mol. The monoisotopic (exact) mass is 294 g/mol. The second kappa shape index (κ2) is 6.02. The van der Waals surface area contributed by atoms with Gasteiger partial charge in [-0.05, 0) is 42.7 Å². The van der Waals surface area contributed by atoms with Crippen LogP contribution in [0, 0.1) is 0 Å². The number of aromatic nitrogens is 2. The number of imidazole rings is 1. The first-order valence-corrected chi connectivity index (χ1v) is 7.38. The van der Waals surface area contributed by atoms with E-state index < -0.39 is 0 Å². The van der Waals surface area contributed by atoms with Crippen molar-refractivity contribution >= 4 is 17.6 Å². The van der Waals surface area contributed by atoms with Crippen molar-refractivity contribution in [2.45, 2.75) is 19.9 Å². The standard InChI is InChI=1S/C18H18N2O2/c1-3-15-16-11-14(18(21)22-4-2)6-5-13(16)7-8-17(15)20-10-9-19-12-20/h3,5-12,17H,4H2,1-2H3. The topological polar surface area (TPSA) is 44.1 Å². The lowest BCUT2D eigenvalue weighted by Crippen LogP contribution is -2.12. The molecule has 1 aromatic carbocycles. The van der Waals surface area contributed by atoms with Crippen LogP contribution in [-0.2, 0) is 4.74 Å². The van der Waals surface area contributed by atoms with Gasteiger partial charge in [-0.25, -0.2) is 9.78 Å². The number of fused-ring (bicyclic) bond motifs is 1. The van der Waals surface area contributed by atoms with Gasteiger partial charge >= 0.3 is 5.97 Å². The number of benzene rings is 1. The predicted molar refractivity (Wildman–Crippen MR) is 86.3 cm³/mol. The molecule has 0 radical (unpaired) electrons. The minimum atomic E-state index is -0.283. The molecule has 1 atom stereocenters. The average molecular weight is 294 g/mol. The molecule has 22 heavy (non-hydrogen) atoms. The average Bonchev–Trinajstić information content (AvgIpc) is 3.07. The molecule has 0 amide bonds. The highest BCUT2D eigenvalue weighted by Crippen LogP contribution is 2.36. The van der Waals surface area contributed by atoms with Gasteiger partial charge < -0.3 is 9.30 Å². The Morgan fingerprint density at radius 1 is 1.45 bits per heavy atom. The molecule has 1 aliphatic rings. The van der Waals surface area contributed by atoms with Crippen LogP contribution in [0.5, 0.6) is 0 Å². The number of nitrogens with zero attached hydrogens (tertiary/aromatic N) is 2. The highest BCUT2D eigenvalue weighted by atomic mass is 16.5. The number of ether oxygens (including phenoxy) is 1. The molecule has 1 aliphatic carbocycles. The number of hydrogen-bond donors (Lipinski definition) is 0. The second-order valence-corrected chi connectivity index (χ2v) is 5.08. The molecule has 0 bridgehead atoms. The molecule has 0 saturated carbocycles.